The molecular weight excluding hydrogens is 102 g/mol. The van der Waals surface area contributed by atoms with Crippen LogP contribution in [0.5, 0.6) is 0 Å². The average molecular weight is 108 g/mol. The molecule has 8 heavy (non-hydrogen) atoms. The van der Waals surface area contributed by atoms with Gasteiger partial charge in [0.2, 0.25) is 0 Å². The van der Waals surface area contributed by atoms with E-state index < -0.39 is 0 Å². The van der Waals surface area contributed by atoms with Crippen molar-refractivity contribution >= 4 is 0 Å². The molecule has 0 fully saturated rings. The largest absolute Gasteiger partial charge is 0.445 e. The van der Waals surface area contributed by atoms with Crippen molar-refractivity contribution in [1.29, 1.82) is 0 Å². The second-order valence-corrected chi connectivity index (χ2v) is 1.36. The van der Waals surface area contributed by atoms with E-state index in [1.165, 1.54) is 0 Å². The molecule has 0 bridgehead atoms. The summed E-state index contributed by atoms with van der Waals surface area (Å²) < 4.78 is 0. The summed E-state index contributed by atoms with van der Waals surface area (Å²) in [5.74, 6) is 0. The van der Waals surface area contributed by atoms with Gasteiger partial charge < -0.3 is 0 Å². The monoisotopic (exact) mass is 108 g/mol. The van der Waals surface area contributed by atoms with Crippen molar-refractivity contribution in [3.05, 3.63) is 25.1 Å². The van der Waals surface area contributed by atoms with Crippen LogP contribution in [0.1, 0.15) is 0 Å². The molecule has 0 saturated carbocycles. The molecule has 1 aliphatic rings. The molecule has 0 unspecified atom stereocenters. The van der Waals surface area contributed by atoms with Gasteiger partial charge in [-0.25, -0.2) is 0 Å². The summed E-state index contributed by atoms with van der Waals surface area (Å²) in [5, 5.41) is 8.77. The molecule has 3 heteroatoms. The normalized spacial score (nSPS) is 14.2. The maximum atomic E-state index is 3.65. The van der Waals surface area contributed by atoms with E-state index in [1.807, 2.05) is 0 Å². The molecule has 0 saturated heterocycles. The summed E-state index contributed by atoms with van der Waals surface area (Å²) in [6.45, 7) is 4.24. The molecule has 3 nitrogen and oxygen atoms in total. The van der Waals surface area contributed by atoms with Gasteiger partial charge in [-0.15, -0.1) is 6.58 Å². The fraction of sp³-hybridized carbons (Fsp3) is 0.200. The quantitative estimate of drug-likeness (QED) is 0.385. The Balaban J connectivity index is 2.37. The van der Waals surface area contributed by atoms with Crippen molar-refractivity contribution in [3.8, 4) is 0 Å². The van der Waals surface area contributed by atoms with E-state index in [2.05, 4.69) is 23.1 Å². The van der Waals surface area contributed by atoms with Crippen LogP contribution in [-0.2, 0) is 0 Å². The second kappa shape index (κ2) is 2.19. The van der Waals surface area contributed by atoms with Crippen molar-refractivity contribution in [1.82, 2.24) is 5.01 Å². The third-order valence-corrected chi connectivity index (χ3v) is 0.740. The summed E-state index contributed by atoms with van der Waals surface area (Å²) in [5.41, 5.74) is 0. The first kappa shape index (κ1) is 4.94. The van der Waals surface area contributed by atoms with Crippen molar-refractivity contribution in [2.75, 3.05) is 6.54 Å². The molecule has 0 atom stereocenters. The second-order valence-electron chi connectivity index (χ2n) is 1.36. The van der Waals surface area contributed by atoms with E-state index in [-0.39, 0.29) is 0 Å². The van der Waals surface area contributed by atoms with Gasteiger partial charge in [-0.05, 0) is 5.22 Å². The van der Waals surface area contributed by atoms with Gasteiger partial charge in [0.05, 0.1) is 6.54 Å². The molecule has 0 N–H and O–H groups in total. The zero-order valence-electron chi connectivity index (χ0n) is 4.41. The van der Waals surface area contributed by atoms with E-state index in [9.17, 15) is 0 Å². The Morgan fingerprint density at radius 2 is 2.75 bits per heavy atom. The smallest absolute Gasteiger partial charge is 0.197 e. The van der Waals surface area contributed by atoms with Crippen LogP contribution in [-0.4, -0.2) is 11.6 Å². The van der Waals surface area contributed by atoms with E-state index in [0.29, 0.717) is 6.54 Å². The summed E-state index contributed by atoms with van der Waals surface area (Å²) in [7, 11) is 0. The fourth-order valence-electron chi connectivity index (χ4n) is 0.423. The molecule has 0 amide bonds. The van der Waals surface area contributed by atoms with E-state index in [0.717, 1.165) is 0 Å². The first-order valence-electron chi connectivity index (χ1n) is 2.30. The van der Waals surface area contributed by atoms with Crippen LogP contribution >= 0.6 is 0 Å². The molecule has 0 aromatic rings. The minimum absolute atomic E-state index is 0.705. The van der Waals surface area contributed by atoms with E-state index in [4.69, 9.17) is 0 Å². The molecule has 1 heterocycles. The highest BCUT2D eigenvalue weighted by Crippen LogP contribution is 1.98. The number of nitrogens with zero attached hydrogens (tertiary/aromatic N) is 3. The number of hydrogen-bond donors (Lipinski definition) is 0. The fourth-order valence-corrected chi connectivity index (χ4v) is 0.423. The maximum absolute atomic E-state index is 3.65. The molecule has 1 aliphatic heterocycles. The molecule has 40 valence electrons. The summed E-state index contributed by atoms with van der Waals surface area (Å²) in [4.78, 5) is 0. The van der Waals surface area contributed by atoms with Crippen LogP contribution in [0.25, 0.3) is 0 Å². The predicted molar refractivity (Wildman–Crippen MR) is 29.6 cm³/mol. The lowest BCUT2D eigenvalue weighted by Crippen LogP contribution is -2.04. The van der Waals surface area contributed by atoms with Crippen LogP contribution in [0.4, 0.5) is 0 Å². The summed E-state index contributed by atoms with van der Waals surface area (Å²) in [6.07, 6.45) is 5.99. The Morgan fingerprint density at radius 3 is 3.25 bits per heavy atom. The van der Waals surface area contributed by atoms with Crippen LogP contribution in [0, 0.1) is 6.20 Å². The Kier molecular flexibility index (Phi) is 1.35. The van der Waals surface area contributed by atoms with Crippen LogP contribution < -0.4 is 0 Å². The standard InChI is InChI=1S/C5H6N3/c1-2-4-8-5-3-6-7-8/h2,5H,1,4H2/q+1. The minimum Gasteiger partial charge on any atom is -0.197 e. The third-order valence-electron chi connectivity index (χ3n) is 0.740. The third kappa shape index (κ3) is 0.891. The van der Waals surface area contributed by atoms with Gasteiger partial charge in [0.1, 0.15) is 5.11 Å². The van der Waals surface area contributed by atoms with E-state index in [1.54, 1.807) is 17.3 Å². The highest BCUT2D eigenvalue weighted by atomic mass is 15.6. The summed E-state index contributed by atoms with van der Waals surface area (Å²) >= 11 is 0. The van der Waals surface area contributed by atoms with Gasteiger partial charge in [-0.3, -0.25) is 0 Å². The molecule has 1 rings (SSSR count). The molecule has 0 radical (unpaired) electrons. The topological polar surface area (TPSA) is 28.0 Å². The number of rotatable bonds is 2. The number of hydrogen-bond acceptors (Lipinski definition) is 3. The predicted octanol–water partition coefficient (Wildman–Crippen LogP) is 1.13. The van der Waals surface area contributed by atoms with Gasteiger partial charge in [0.25, 0.3) is 0 Å². The van der Waals surface area contributed by atoms with Crippen molar-refractivity contribution in [2.24, 2.45) is 10.3 Å². The van der Waals surface area contributed by atoms with Gasteiger partial charge in [0.15, 0.2) is 0 Å². The molecule has 0 aliphatic carbocycles. The molecule has 0 aromatic heterocycles. The van der Waals surface area contributed by atoms with Crippen LogP contribution in [0.3, 0.4) is 0 Å². The Hall–Kier alpha value is -1.21. The lowest BCUT2D eigenvalue weighted by atomic mass is 10.6. The first-order valence-corrected chi connectivity index (χ1v) is 2.30. The van der Waals surface area contributed by atoms with E-state index >= 15 is 0 Å². The van der Waals surface area contributed by atoms with Gasteiger partial charge in [0, 0.05) is 0 Å². The first-order chi connectivity index (χ1) is 3.93. The molecular formula is C5H6N3+. The van der Waals surface area contributed by atoms with Gasteiger partial charge in [-0.2, -0.15) is 5.01 Å². The van der Waals surface area contributed by atoms with Crippen molar-refractivity contribution in [2.45, 2.75) is 0 Å². The van der Waals surface area contributed by atoms with Crippen molar-refractivity contribution in [3.63, 3.8) is 0 Å². The Morgan fingerprint density at radius 1 is 1.88 bits per heavy atom. The van der Waals surface area contributed by atoms with Crippen LogP contribution in [0.15, 0.2) is 29.2 Å². The highest BCUT2D eigenvalue weighted by molar-refractivity contribution is 4.81. The van der Waals surface area contributed by atoms with Crippen molar-refractivity contribution < 1.29 is 0 Å². The average Bonchev–Trinajstić information content (AvgIpc) is 2.19. The minimum atomic E-state index is 0.705. The van der Waals surface area contributed by atoms with Crippen LogP contribution in [0.2, 0.25) is 0 Å². The van der Waals surface area contributed by atoms with Gasteiger partial charge in [-0.1, -0.05) is 6.08 Å². The maximum Gasteiger partial charge on any atom is 0.445 e. The highest BCUT2D eigenvalue weighted by Gasteiger charge is 2.07. The lowest BCUT2D eigenvalue weighted by molar-refractivity contribution is 0.435. The molecule has 0 aromatic carbocycles. The lowest BCUT2D eigenvalue weighted by Gasteiger charge is -1.95. The van der Waals surface area contributed by atoms with Gasteiger partial charge >= 0.3 is 12.4 Å². The molecule has 0 spiro atoms. The summed E-state index contributed by atoms with van der Waals surface area (Å²) in [6, 6.07) is 0. The SMILES string of the molecule is C=CCN1C=[C+]N=N1. The zero-order chi connectivity index (χ0) is 5.82. The zero-order valence-corrected chi connectivity index (χ0v) is 4.41. The Bertz CT molecular complexity index is 125. The Labute approximate surface area is 48.0 Å².